The zero-order valence-electron chi connectivity index (χ0n) is 9.55. The fourth-order valence-electron chi connectivity index (χ4n) is 1.15. The van der Waals surface area contributed by atoms with E-state index in [1.54, 1.807) is 11.8 Å². The van der Waals surface area contributed by atoms with Crippen molar-refractivity contribution in [1.29, 1.82) is 0 Å². The summed E-state index contributed by atoms with van der Waals surface area (Å²) >= 11 is 1.63. The van der Waals surface area contributed by atoms with Gasteiger partial charge in [-0.15, -0.1) is 11.8 Å². The van der Waals surface area contributed by atoms with Crippen LogP contribution in [0.3, 0.4) is 0 Å². The number of anilines is 1. The van der Waals surface area contributed by atoms with E-state index in [0.717, 1.165) is 17.1 Å². The Kier molecular flexibility index (Phi) is 4.20. The Morgan fingerprint density at radius 2 is 2.20 bits per heavy atom. The summed E-state index contributed by atoms with van der Waals surface area (Å²) in [6.07, 6.45) is 0. The Labute approximate surface area is 94.2 Å². The maximum atomic E-state index is 11.5. The van der Waals surface area contributed by atoms with Crippen molar-refractivity contribution < 1.29 is 4.79 Å². The summed E-state index contributed by atoms with van der Waals surface area (Å²) in [5.74, 6) is 0.517. The second-order valence-corrected chi connectivity index (χ2v) is 5.28. The minimum atomic E-state index is 0.0290. The molecule has 15 heavy (non-hydrogen) atoms. The standard InChI is InChI=1S/C10H17N3OS/c1-6(2)15-5-9(14)11-10-7(3)12-13-8(10)4/h6H,5H2,1-4H3,(H,11,14)(H,12,13). The molecule has 0 aliphatic carbocycles. The van der Waals surface area contributed by atoms with Crippen LogP contribution in [0.4, 0.5) is 5.69 Å². The highest BCUT2D eigenvalue weighted by atomic mass is 32.2. The number of carbonyl (C=O) groups excluding carboxylic acids is 1. The summed E-state index contributed by atoms with van der Waals surface area (Å²) in [6.45, 7) is 7.92. The van der Waals surface area contributed by atoms with Crippen LogP contribution in [-0.2, 0) is 4.79 Å². The maximum Gasteiger partial charge on any atom is 0.234 e. The van der Waals surface area contributed by atoms with Crippen LogP contribution < -0.4 is 5.32 Å². The smallest absolute Gasteiger partial charge is 0.234 e. The highest BCUT2D eigenvalue weighted by Gasteiger charge is 2.10. The first-order valence-corrected chi connectivity index (χ1v) is 5.98. The van der Waals surface area contributed by atoms with Gasteiger partial charge in [-0.2, -0.15) is 5.10 Å². The van der Waals surface area contributed by atoms with Gasteiger partial charge in [-0.25, -0.2) is 0 Å². The van der Waals surface area contributed by atoms with E-state index in [-0.39, 0.29) is 5.91 Å². The van der Waals surface area contributed by atoms with Gasteiger partial charge in [0.2, 0.25) is 5.91 Å². The predicted octanol–water partition coefficient (Wildman–Crippen LogP) is 2.11. The van der Waals surface area contributed by atoms with Crippen LogP contribution in [0, 0.1) is 13.8 Å². The molecule has 1 aromatic heterocycles. The molecule has 0 aliphatic rings. The van der Waals surface area contributed by atoms with Gasteiger partial charge in [0.1, 0.15) is 0 Å². The topological polar surface area (TPSA) is 57.8 Å². The van der Waals surface area contributed by atoms with Crippen molar-refractivity contribution in [3.63, 3.8) is 0 Å². The van der Waals surface area contributed by atoms with Crippen LogP contribution in [-0.4, -0.2) is 27.1 Å². The van der Waals surface area contributed by atoms with E-state index in [1.165, 1.54) is 0 Å². The Hall–Kier alpha value is -0.970. The molecule has 1 rings (SSSR count). The SMILES string of the molecule is Cc1n[nH]c(C)c1NC(=O)CSC(C)C. The molecule has 2 N–H and O–H groups in total. The first-order chi connectivity index (χ1) is 7.00. The predicted molar refractivity (Wildman–Crippen MR) is 64.3 cm³/mol. The molecule has 0 aromatic carbocycles. The molecule has 84 valence electrons. The van der Waals surface area contributed by atoms with Crippen molar-refractivity contribution in [1.82, 2.24) is 10.2 Å². The average Bonchev–Trinajstić information content (AvgIpc) is 2.46. The molecule has 1 aromatic rings. The van der Waals surface area contributed by atoms with E-state index in [9.17, 15) is 4.79 Å². The molecule has 0 aliphatic heterocycles. The van der Waals surface area contributed by atoms with E-state index < -0.39 is 0 Å². The fourth-order valence-corrected chi connectivity index (χ4v) is 1.71. The molecule has 0 saturated carbocycles. The molecule has 0 radical (unpaired) electrons. The quantitative estimate of drug-likeness (QED) is 0.828. The number of aryl methyl sites for hydroxylation is 2. The second-order valence-electron chi connectivity index (χ2n) is 3.72. The lowest BCUT2D eigenvalue weighted by atomic mass is 10.3. The van der Waals surface area contributed by atoms with Gasteiger partial charge in [0.15, 0.2) is 0 Å². The van der Waals surface area contributed by atoms with Gasteiger partial charge in [-0.1, -0.05) is 13.8 Å². The first kappa shape index (κ1) is 12.1. The lowest BCUT2D eigenvalue weighted by Crippen LogP contribution is -2.16. The summed E-state index contributed by atoms with van der Waals surface area (Å²) in [6, 6.07) is 0. The van der Waals surface area contributed by atoms with Crippen LogP contribution in [0.1, 0.15) is 25.2 Å². The van der Waals surface area contributed by atoms with Gasteiger partial charge in [0.25, 0.3) is 0 Å². The second kappa shape index (κ2) is 5.21. The van der Waals surface area contributed by atoms with Crippen LogP contribution in [0.15, 0.2) is 0 Å². The van der Waals surface area contributed by atoms with Crippen LogP contribution in [0.2, 0.25) is 0 Å². The molecule has 0 spiro atoms. The molecule has 1 heterocycles. The molecule has 5 heteroatoms. The van der Waals surface area contributed by atoms with Crippen molar-refractivity contribution in [3.05, 3.63) is 11.4 Å². The number of hydrogen-bond acceptors (Lipinski definition) is 3. The third-order valence-electron chi connectivity index (χ3n) is 1.94. The highest BCUT2D eigenvalue weighted by Crippen LogP contribution is 2.17. The number of rotatable bonds is 4. The molecule has 0 unspecified atom stereocenters. The third-order valence-corrected chi connectivity index (χ3v) is 3.04. The van der Waals surface area contributed by atoms with E-state index in [0.29, 0.717) is 11.0 Å². The third kappa shape index (κ3) is 3.58. The summed E-state index contributed by atoms with van der Waals surface area (Å²) in [7, 11) is 0. The van der Waals surface area contributed by atoms with Gasteiger partial charge in [0, 0.05) is 0 Å². The summed E-state index contributed by atoms with van der Waals surface area (Å²) in [5.41, 5.74) is 2.54. The molecule has 0 atom stereocenters. The van der Waals surface area contributed by atoms with Crippen LogP contribution >= 0.6 is 11.8 Å². The largest absolute Gasteiger partial charge is 0.322 e. The molecule has 4 nitrogen and oxygen atoms in total. The molecular weight excluding hydrogens is 210 g/mol. The van der Waals surface area contributed by atoms with Gasteiger partial charge in [-0.3, -0.25) is 9.89 Å². The molecule has 0 saturated heterocycles. The number of nitrogens with one attached hydrogen (secondary N) is 2. The van der Waals surface area contributed by atoms with Gasteiger partial charge < -0.3 is 5.32 Å². The number of carbonyl (C=O) groups is 1. The van der Waals surface area contributed by atoms with Gasteiger partial charge in [0.05, 0.1) is 22.8 Å². The van der Waals surface area contributed by atoms with Crippen molar-refractivity contribution in [2.45, 2.75) is 32.9 Å². The minimum absolute atomic E-state index is 0.0290. The zero-order chi connectivity index (χ0) is 11.4. The van der Waals surface area contributed by atoms with Crippen molar-refractivity contribution in [3.8, 4) is 0 Å². The van der Waals surface area contributed by atoms with Crippen LogP contribution in [0.25, 0.3) is 0 Å². The summed E-state index contributed by atoms with van der Waals surface area (Å²) in [4.78, 5) is 11.5. The maximum absolute atomic E-state index is 11.5. The normalized spacial score (nSPS) is 10.7. The lowest BCUT2D eigenvalue weighted by Gasteiger charge is -2.06. The van der Waals surface area contributed by atoms with E-state index >= 15 is 0 Å². The Bertz CT molecular complexity index is 327. The molecular formula is C10H17N3OS. The van der Waals surface area contributed by atoms with Crippen LogP contribution in [0.5, 0.6) is 0 Å². The van der Waals surface area contributed by atoms with Crippen molar-refractivity contribution >= 4 is 23.4 Å². The number of H-pyrrole nitrogens is 1. The van der Waals surface area contributed by atoms with Crippen molar-refractivity contribution in [2.75, 3.05) is 11.1 Å². The monoisotopic (exact) mass is 227 g/mol. The van der Waals surface area contributed by atoms with E-state index in [2.05, 4.69) is 29.4 Å². The van der Waals surface area contributed by atoms with E-state index in [1.807, 2.05) is 13.8 Å². The number of aromatic amines is 1. The first-order valence-electron chi connectivity index (χ1n) is 4.93. The minimum Gasteiger partial charge on any atom is -0.322 e. The zero-order valence-corrected chi connectivity index (χ0v) is 10.4. The Morgan fingerprint density at radius 3 is 2.67 bits per heavy atom. The number of nitrogens with zero attached hydrogens (tertiary/aromatic N) is 1. The highest BCUT2D eigenvalue weighted by molar-refractivity contribution is 8.00. The Morgan fingerprint density at radius 1 is 1.53 bits per heavy atom. The average molecular weight is 227 g/mol. The number of hydrogen-bond donors (Lipinski definition) is 2. The number of aromatic nitrogens is 2. The lowest BCUT2D eigenvalue weighted by molar-refractivity contribution is -0.113. The number of thioether (sulfide) groups is 1. The molecule has 1 amide bonds. The Balaban J connectivity index is 2.51. The van der Waals surface area contributed by atoms with E-state index in [4.69, 9.17) is 0 Å². The summed E-state index contributed by atoms with van der Waals surface area (Å²) < 4.78 is 0. The summed E-state index contributed by atoms with van der Waals surface area (Å²) in [5, 5.41) is 10.2. The van der Waals surface area contributed by atoms with Gasteiger partial charge in [-0.05, 0) is 19.1 Å². The fraction of sp³-hybridized carbons (Fsp3) is 0.600. The molecule has 0 bridgehead atoms. The van der Waals surface area contributed by atoms with Crippen molar-refractivity contribution in [2.24, 2.45) is 0 Å². The van der Waals surface area contributed by atoms with Gasteiger partial charge >= 0.3 is 0 Å². The molecule has 0 fully saturated rings. The number of amides is 1.